The van der Waals surface area contributed by atoms with Gasteiger partial charge in [-0.2, -0.15) is 0 Å². The van der Waals surface area contributed by atoms with Crippen LogP contribution in [-0.2, 0) is 9.59 Å². The first-order chi connectivity index (χ1) is 15.2. The molecule has 1 aliphatic rings. The summed E-state index contributed by atoms with van der Waals surface area (Å²) in [4.78, 5) is 28.5. The number of amides is 2. The first-order valence-electron chi connectivity index (χ1n) is 10.5. The van der Waals surface area contributed by atoms with Crippen LogP contribution in [0.25, 0.3) is 5.57 Å². The van der Waals surface area contributed by atoms with E-state index in [1.165, 1.54) is 4.90 Å². The number of rotatable bonds is 4. The molecule has 0 saturated heterocycles. The lowest BCUT2D eigenvalue weighted by molar-refractivity contribution is -0.120. The zero-order valence-corrected chi connectivity index (χ0v) is 19.6. The third-order valence-corrected chi connectivity index (χ3v) is 6.30. The molecule has 0 aliphatic carbocycles. The number of carbonyl (C=O) groups excluding carboxylic acids is 2. The molecule has 162 valence electrons. The topological polar surface area (TPSA) is 49.4 Å². The van der Waals surface area contributed by atoms with Crippen LogP contribution in [0.3, 0.4) is 0 Å². The van der Waals surface area contributed by atoms with Crippen molar-refractivity contribution in [3.8, 4) is 0 Å². The number of benzene rings is 3. The van der Waals surface area contributed by atoms with Crippen molar-refractivity contribution in [1.29, 1.82) is 0 Å². The Morgan fingerprint density at radius 1 is 0.688 bits per heavy atom. The molecule has 4 rings (SSSR count). The first kappa shape index (κ1) is 21.8. The van der Waals surface area contributed by atoms with E-state index in [4.69, 9.17) is 11.6 Å². The Kier molecular flexibility index (Phi) is 5.66. The second kappa shape index (κ2) is 8.29. The lowest BCUT2D eigenvalue weighted by atomic mass is 9.99. The van der Waals surface area contributed by atoms with Crippen molar-refractivity contribution in [2.75, 3.05) is 10.2 Å². The molecule has 0 fully saturated rings. The highest BCUT2D eigenvalue weighted by Crippen LogP contribution is 2.36. The molecule has 2 amide bonds. The largest absolute Gasteiger partial charge is 0.350 e. The van der Waals surface area contributed by atoms with Gasteiger partial charge in [0.1, 0.15) is 5.70 Å². The van der Waals surface area contributed by atoms with Gasteiger partial charge >= 0.3 is 0 Å². The Hall–Kier alpha value is -3.37. The van der Waals surface area contributed by atoms with E-state index in [0.717, 1.165) is 33.5 Å². The van der Waals surface area contributed by atoms with Crippen LogP contribution < -0.4 is 10.2 Å². The molecule has 4 nitrogen and oxygen atoms in total. The van der Waals surface area contributed by atoms with Crippen molar-refractivity contribution in [1.82, 2.24) is 0 Å². The predicted octanol–water partition coefficient (Wildman–Crippen LogP) is 6.28. The third kappa shape index (κ3) is 3.82. The number of aryl methyl sites for hydroxylation is 5. The number of carbonyl (C=O) groups is 2. The summed E-state index contributed by atoms with van der Waals surface area (Å²) in [5, 5.41) is 3.71. The zero-order valence-electron chi connectivity index (χ0n) is 18.8. The fraction of sp³-hybridized carbons (Fsp3) is 0.185. The molecule has 0 aromatic heterocycles. The summed E-state index contributed by atoms with van der Waals surface area (Å²) in [5.74, 6) is -0.762. The van der Waals surface area contributed by atoms with E-state index in [9.17, 15) is 9.59 Å². The smallest absolute Gasteiger partial charge is 0.282 e. The van der Waals surface area contributed by atoms with Crippen LogP contribution in [0.15, 0.2) is 60.3 Å². The molecule has 1 N–H and O–H groups in total. The number of halogens is 1. The molecule has 0 radical (unpaired) electrons. The van der Waals surface area contributed by atoms with Crippen LogP contribution in [-0.4, -0.2) is 11.8 Å². The summed E-state index contributed by atoms with van der Waals surface area (Å²) in [6.07, 6.45) is 0. The van der Waals surface area contributed by atoms with Gasteiger partial charge in [0.15, 0.2) is 0 Å². The minimum atomic E-state index is -0.396. The maximum atomic E-state index is 13.7. The van der Waals surface area contributed by atoms with Crippen molar-refractivity contribution < 1.29 is 9.59 Å². The van der Waals surface area contributed by atoms with Gasteiger partial charge in [0.2, 0.25) is 0 Å². The van der Waals surface area contributed by atoms with Gasteiger partial charge < -0.3 is 5.32 Å². The Balaban J connectivity index is 1.88. The van der Waals surface area contributed by atoms with Crippen LogP contribution in [0, 0.1) is 34.6 Å². The van der Waals surface area contributed by atoms with E-state index in [2.05, 4.69) is 5.32 Å². The number of anilines is 2. The maximum absolute atomic E-state index is 13.7. The Labute approximate surface area is 193 Å². The molecule has 3 aromatic carbocycles. The summed E-state index contributed by atoms with van der Waals surface area (Å²) in [6.45, 7) is 9.92. The highest BCUT2D eigenvalue weighted by atomic mass is 35.5. The molecule has 32 heavy (non-hydrogen) atoms. The van der Waals surface area contributed by atoms with E-state index in [0.29, 0.717) is 21.8 Å². The van der Waals surface area contributed by atoms with Crippen LogP contribution in [0.5, 0.6) is 0 Å². The number of hydrogen-bond acceptors (Lipinski definition) is 3. The first-order valence-corrected chi connectivity index (χ1v) is 10.9. The van der Waals surface area contributed by atoms with Gasteiger partial charge in [-0.25, -0.2) is 4.90 Å². The quantitative estimate of drug-likeness (QED) is 0.482. The van der Waals surface area contributed by atoms with E-state index in [-0.39, 0.29) is 11.6 Å². The lowest BCUT2D eigenvalue weighted by Crippen LogP contribution is -2.33. The Bertz CT molecular complexity index is 1310. The summed E-state index contributed by atoms with van der Waals surface area (Å²) in [7, 11) is 0. The molecule has 0 saturated carbocycles. The van der Waals surface area contributed by atoms with Crippen LogP contribution in [0.4, 0.5) is 11.4 Å². The van der Waals surface area contributed by atoms with E-state index < -0.39 is 5.91 Å². The van der Waals surface area contributed by atoms with Gasteiger partial charge in [-0.3, -0.25) is 9.59 Å². The second-order valence-electron chi connectivity index (χ2n) is 8.35. The van der Waals surface area contributed by atoms with Crippen molar-refractivity contribution in [2.45, 2.75) is 34.6 Å². The third-order valence-electron chi connectivity index (χ3n) is 6.07. The Morgan fingerprint density at radius 3 is 1.97 bits per heavy atom. The van der Waals surface area contributed by atoms with Crippen molar-refractivity contribution in [3.63, 3.8) is 0 Å². The SMILES string of the molecule is Cc1ccc(NC2=C(c3ccc(C)c(C)c3)C(=O)N(c3cc(Cl)ccc3C)C2=O)cc1C. The zero-order chi connectivity index (χ0) is 23.2. The monoisotopic (exact) mass is 444 g/mol. The second-order valence-corrected chi connectivity index (χ2v) is 8.79. The standard InChI is InChI=1S/C27H25ClN2O2/c1-15-6-9-20(12-18(15)4)24-25(29-22-11-8-16(2)19(5)13-22)27(32)30(26(24)31)23-14-21(28)10-7-17(23)3/h6-14,29H,1-5H3. The maximum Gasteiger partial charge on any atom is 0.282 e. The van der Waals surface area contributed by atoms with Gasteiger partial charge in [0.25, 0.3) is 11.8 Å². The predicted molar refractivity (Wildman–Crippen MR) is 131 cm³/mol. The van der Waals surface area contributed by atoms with Crippen LogP contribution >= 0.6 is 11.6 Å². The molecule has 0 unspecified atom stereocenters. The van der Waals surface area contributed by atoms with Gasteiger partial charge in [0.05, 0.1) is 11.3 Å². The normalized spacial score (nSPS) is 13.9. The molecule has 5 heteroatoms. The minimum absolute atomic E-state index is 0.265. The molecule has 3 aromatic rings. The molecule has 0 bridgehead atoms. The molecular weight excluding hydrogens is 420 g/mol. The fourth-order valence-electron chi connectivity index (χ4n) is 3.82. The van der Waals surface area contributed by atoms with Gasteiger partial charge in [0, 0.05) is 10.7 Å². The van der Waals surface area contributed by atoms with Gasteiger partial charge in [-0.15, -0.1) is 0 Å². The average Bonchev–Trinajstić information content (AvgIpc) is 2.98. The summed E-state index contributed by atoms with van der Waals surface area (Å²) >= 11 is 6.20. The fourth-order valence-corrected chi connectivity index (χ4v) is 3.98. The van der Waals surface area contributed by atoms with Crippen molar-refractivity contribution in [2.24, 2.45) is 0 Å². The molecular formula is C27H25ClN2O2. The summed E-state index contributed by atoms with van der Waals surface area (Å²) in [5.41, 5.74) is 7.81. The number of nitrogens with zero attached hydrogens (tertiary/aromatic N) is 1. The number of imide groups is 1. The van der Waals surface area contributed by atoms with Crippen molar-refractivity contribution in [3.05, 3.63) is 98.7 Å². The molecule has 0 spiro atoms. The summed E-state index contributed by atoms with van der Waals surface area (Å²) in [6, 6.07) is 16.9. The molecule has 1 heterocycles. The van der Waals surface area contributed by atoms with Gasteiger partial charge in [-0.1, -0.05) is 41.9 Å². The Morgan fingerprint density at radius 2 is 1.31 bits per heavy atom. The summed E-state index contributed by atoms with van der Waals surface area (Å²) < 4.78 is 0. The molecule has 1 aliphatic heterocycles. The highest BCUT2D eigenvalue weighted by Gasteiger charge is 2.41. The lowest BCUT2D eigenvalue weighted by Gasteiger charge is -2.18. The van der Waals surface area contributed by atoms with Crippen molar-refractivity contribution >= 4 is 40.4 Å². The average molecular weight is 445 g/mol. The molecule has 0 atom stereocenters. The van der Waals surface area contributed by atoms with Gasteiger partial charge in [-0.05, 0) is 92.3 Å². The van der Waals surface area contributed by atoms with E-state index in [1.807, 2.05) is 77.1 Å². The number of hydrogen-bond donors (Lipinski definition) is 1. The van der Waals surface area contributed by atoms with Crippen LogP contribution in [0.2, 0.25) is 5.02 Å². The number of nitrogens with one attached hydrogen (secondary N) is 1. The van der Waals surface area contributed by atoms with E-state index in [1.54, 1.807) is 12.1 Å². The van der Waals surface area contributed by atoms with E-state index >= 15 is 0 Å². The highest BCUT2D eigenvalue weighted by molar-refractivity contribution is 6.46. The minimum Gasteiger partial charge on any atom is -0.350 e. The van der Waals surface area contributed by atoms with Crippen LogP contribution in [0.1, 0.15) is 33.4 Å².